The lowest BCUT2D eigenvalue weighted by atomic mass is 9.92. The summed E-state index contributed by atoms with van der Waals surface area (Å²) in [5.74, 6) is 2.19. The number of hydrogen-bond acceptors (Lipinski definition) is 4. The molecule has 1 heterocycles. The van der Waals surface area contributed by atoms with Gasteiger partial charge in [-0.2, -0.15) is 4.98 Å². The van der Waals surface area contributed by atoms with Gasteiger partial charge in [0.15, 0.2) is 5.16 Å². The van der Waals surface area contributed by atoms with Crippen molar-refractivity contribution in [2.45, 2.75) is 56.9 Å². The molecule has 0 bridgehead atoms. The quantitative estimate of drug-likeness (QED) is 0.320. The topological polar surface area (TPSA) is 35.0 Å². The van der Waals surface area contributed by atoms with Crippen molar-refractivity contribution in [3.63, 3.8) is 0 Å². The molecule has 0 radical (unpaired) electrons. The molecule has 1 aromatic heterocycles. The van der Waals surface area contributed by atoms with Gasteiger partial charge in [-0.1, -0.05) is 70.6 Å². The predicted molar refractivity (Wildman–Crippen MR) is 117 cm³/mol. The lowest BCUT2D eigenvalue weighted by Gasteiger charge is -2.19. The van der Waals surface area contributed by atoms with Crippen molar-refractivity contribution >= 4 is 11.8 Å². The summed E-state index contributed by atoms with van der Waals surface area (Å²) in [5.41, 5.74) is 3.08. The molecule has 0 spiro atoms. The molecule has 0 saturated heterocycles. The van der Waals surface area contributed by atoms with Crippen molar-refractivity contribution < 1.29 is 9.13 Å². The standard InChI is InChI=1S/C24H27FN2OS/c1-16(2)18-8-12-20(13-9-18)28-22-14-21(24(3,4)5)26-23(27-22)29-15-17-6-10-19(25)11-7-17/h6-14,16H,15H2,1-5H3. The summed E-state index contributed by atoms with van der Waals surface area (Å²) in [7, 11) is 0. The van der Waals surface area contributed by atoms with E-state index >= 15 is 0 Å². The van der Waals surface area contributed by atoms with Gasteiger partial charge in [0.25, 0.3) is 0 Å². The Morgan fingerprint density at radius 1 is 0.966 bits per heavy atom. The van der Waals surface area contributed by atoms with E-state index in [1.807, 2.05) is 18.2 Å². The second-order valence-electron chi connectivity index (χ2n) is 8.36. The fraction of sp³-hybridized carbons (Fsp3) is 0.333. The van der Waals surface area contributed by atoms with Crippen LogP contribution in [0.25, 0.3) is 0 Å². The summed E-state index contributed by atoms with van der Waals surface area (Å²) in [4.78, 5) is 9.30. The molecule has 152 valence electrons. The van der Waals surface area contributed by atoms with Crippen LogP contribution in [0, 0.1) is 5.82 Å². The number of ether oxygens (including phenoxy) is 1. The summed E-state index contributed by atoms with van der Waals surface area (Å²) in [6.07, 6.45) is 0. The van der Waals surface area contributed by atoms with E-state index in [4.69, 9.17) is 9.72 Å². The summed E-state index contributed by atoms with van der Waals surface area (Å²) in [6.45, 7) is 10.7. The highest BCUT2D eigenvalue weighted by molar-refractivity contribution is 7.98. The number of halogens is 1. The van der Waals surface area contributed by atoms with Crippen molar-refractivity contribution in [3.05, 3.63) is 77.2 Å². The molecule has 0 aliphatic carbocycles. The maximum absolute atomic E-state index is 13.1. The van der Waals surface area contributed by atoms with Gasteiger partial charge in [0, 0.05) is 17.2 Å². The minimum Gasteiger partial charge on any atom is -0.439 e. The Morgan fingerprint density at radius 2 is 1.62 bits per heavy atom. The molecule has 0 fully saturated rings. The smallest absolute Gasteiger partial charge is 0.223 e. The molecule has 0 aliphatic heterocycles. The van der Waals surface area contributed by atoms with E-state index in [1.54, 1.807) is 12.1 Å². The molecule has 3 aromatic rings. The molecule has 2 aromatic carbocycles. The Labute approximate surface area is 176 Å². The molecule has 0 unspecified atom stereocenters. The third-order valence-corrected chi connectivity index (χ3v) is 5.42. The molecular weight excluding hydrogens is 383 g/mol. The van der Waals surface area contributed by atoms with Crippen LogP contribution in [0.3, 0.4) is 0 Å². The number of benzene rings is 2. The van der Waals surface area contributed by atoms with Crippen molar-refractivity contribution in [2.75, 3.05) is 0 Å². The highest BCUT2D eigenvalue weighted by atomic mass is 32.2. The van der Waals surface area contributed by atoms with E-state index in [-0.39, 0.29) is 11.2 Å². The highest BCUT2D eigenvalue weighted by Crippen LogP contribution is 2.30. The molecule has 5 heteroatoms. The summed E-state index contributed by atoms with van der Waals surface area (Å²) in [6, 6.07) is 16.5. The van der Waals surface area contributed by atoms with Crippen LogP contribution < -0.4 is 4.74 Å². The number of hydrogen-bond donors (Lipinski definition) is 0. The normalized spacial score (nSPS) is 11.7. The summed E-state index contributed by atoms with van der Waals surface area (Å²) < 4.78 is 19.2. The van der Waals surface area contributed by atoms with Gasteiger partial charge in [-0.15, -0.1) is 0 Å². The number of rotatable bonds is 6. The Morgan fingerprint density at radius 3 is 2.21 bits per heavy atom. The third-order valence-electron chi connectivity index (χ3n) is 4.50. The van der Waals surface area contributed by atoms with E-state index in [2.05, 4.69) is 51.7 Å². The van der Waals surface area contributed by atoms with Gasteiger partial charge in [0.1, 0.15) is 11.6 Å². The minimum absolute atomic E-state index is 0.131. The van der Waals surface area contributed by atoms with Crippen LogP contribution in [-0.4, -0.2) is 9.97 Å². The Balaban J connectivity index is 1.82. The van der Waals surface area contributed by atoms with Crippen LogP contribution in [0.15, 0.2) is 59.8 Å². The molecule has 0 saturated carbocycles. The molecular formula is C24H27FN2OS. The predicted octanol–water partition coefficient (Wildman–Crippen LogP) is 7.12. The second kappa shape index (κ2) is 8.95. The van der Waals surface area contributed by atoms with Gasteiger partial charge in [0.2, 0.25) is 5.88 Å². The van der Waals surface area contributed by atoms with Crippen LogP contribution in [0.5, 0.6) is 11.6 Å². The van der Waals surface area contributed by atoms with Gasteiger partial charge in [-0.05, 0) is 41.3 Å². The summed E-state index contributed by atoms with van der Waals surface area (Å²) >= 11 is 1.52. The van der Waals surface area contributed by atoms with Crippen molar-refractivity contribution in [3.8, 4) is 11.6 Å². The second-order valence-corrected chi connectivity index (χ2v) is 9.31. The maximum Gasteiger partial charge on any atom is 0.223 e. The van der Waals surface area contributed by atoms with Crippen molar-refractivity contribution in [1.82, 2.24) is 9.97 Å². The molecule has 0 N–H and O–H groups in total. The average Bonchev–Trinajstić information content (AvgIpc) is 2.67. The fourth-order valence-corrected chi connectivity index (χ4v) is 3.48. The van der Waals surface area contributed by atoms with Crippen molar-refractivity contribution in [1.29, 1.82) is 0 Å². The van der Waals surface area contributed by atoms with Gasteiger partial charge < -0.3 is 4.74 Å². The molecule has 0 aliphatic rings. The zero-order valence-electron chi connectivity index (χ0n) is 17.6. The Hall–Kier alpha value is -2.40. The van der Waals surface area contributed by atoms with E-state index in [9.17, 15) is 4.39 Å². The first-order valence-electron chi connectivity index (χ1n) is 9.75. The first-order chi connectivity index (χ1) is 13.7. The van der Waals surface area contributed by atoms with Gasteiger partial charge in [-0.3, -0.25) is 0 Å². The Kier molecular flexibility index (Phi) is 6.58. The number of nitrogens with zero attached hydrogens (tertiary/aromatic N) is 2. The largest absolute Gasteiger partial charge is 0.439 e. The van der Waals surface area contributed by atoms with Crippen LogP contribution in [0.2, 0.25) is 0 Å². The van der Waals surface area contributed by atoms with Crippen molar-refractivity contribution in [2.24, 2.45) is 0 Å². The molecule has 0 amide bonds. The molecule has 0 atom stereocenters. The maximum atomic E-state index is 13.1. The highest BCUT2D eigenvalue weighted by Gasteiger charge is 2.19. The molecule has 3 nitrogen and oxygen atoms in total. The van der Waals surface area contributed by atoms with Crippen LogP contribution in [-0.2, 0) is 11.2 Å². The lowest BCUT2D eigenvalue weighted by molar-refractivity contribution is 0.446. The number of aromatic nitrogens is 2. The summed E-state index contributed by atoms with van der Waals surface area (Å²) in [5, 5.41) is 0.649. The van der Waals surface area contributed by atoms with Crippen LogP contribution in [0.4, 0.5) is 4.39 Å². The van der Waals surface area contributed by atoms with E-state index in [0.717, 1.165) is 17.0 Å². The SMILES string of the molecule is CC(C)c1ccc(Oc2cc(C(C)(C)C)nc(SCc3ccc(F)cc3)n2)cc1. The zero-order chi connectivity index (χ0) is 21.0. The molecule has 3 rings (SSSR count). The van der Waals surface area contributed by atoms with Crippen LogP contribution >= 0.6 is 11.8 Å². The van der Waals surface area contributed by atoms with E-state index in [0.29, 0.717) is 22.7 Å². The van der Waals surface area contributed by atoms with Gasteiger partial charge in [0.05, 0.1) is 5.69 Å². The van der Waals surface area contributed by atoms with Crippen LogP contribution in [0.1, 0.15) is 57.4 Å². The van der Waals surface area contributed by atoms with E-state index in [1.165, 1.54) is 29.5 Å². The molecule has 29 heavy (non-hydrogen) atoms. The monoisotopic (exact) mass is 410 g/mol. The fourth-order valence-electron chi connectivity index (χ4n) is 2.67. The number of thioether (sulfide) groups is 1. The average molecular weight is 411 g/mol. The van der Waals surface area contributed by atoms with Gasteiger partial charge >= 0.3 is 0 Å². The first kappa shape index (κ1) is 21.3. The zero-order valence-corrected chi connectivity index (χ0v) is 18.4. The Bertz CT molecular complexity index is 948. The first-order valence-corrected chi connectivity index (χ1v) is 10.7. The third kappa shape index (κ3) is 6.04. The van der Waals surface area contributed by atoms with Gasteiger partial charge in [-0.25, -0.2) is 9.37 Å². The minimum atomic E-state index is -0.232. The lowest BCUT2D eigenvalue weighted by Crippen LogP contribution is -2.14. The van der Waals surface area contributed by atoms with E-state index < -0.39 is 0 Å².